The van der Waals surface area contributed by atoms with Gasteiger partial charge in [0.25, 0.3) is 0 Å². The molecule has 0 aromatic heterocycles. The Morgan fingerprint density at radius 1 is 1.88 bits per heavy atom. The minimum absolute atomic E-state index is 0.345. The summed E-state index contributed by atoms with van der Waals surface area (Å²) in [5, 5.41) is 0. The van der Waals surface area contributed by atoms with E-state index in [9.17, 15) is 4.79 Å². The van der Waals surface area contributed by atoms with Gasteiger partial charge in [-0.3, -0.25) is 0 Å². The average molecular weight is 133 g/mol. The number of ether oxygens (including phenoxy) is 1. The number of halogens is 1. The largest absolute Gasteiger partial charge is 0.439 e. The fourth-order valence-electron chi connectivity index (χ4n) is 0.480. The zero-order chi connectivity index (χ0) is 6.15. The lowest BCUT2D eigenvalue weighted by Crippen LogP contribution is -2.00. The number of rotatable bonds is 0. The van der Waals surface area contributed by atoms with Crippen molar-refractivity contribution in [3.8, 4) is 0 Å². The Morgan fingerprint density at radius 2 is 2.50 bits per heavy atom. The van der Waals surface area contributed by atoms with Gasteiger partial charge in [0, 0.05) is 6.08 Å². The molecule has 44 valence electrons. The Kier molecular flexibility index (Phi) is 1.26. The second-order valence-corrected chi connectivity index (χ2v) is 2.04. The standard InChI is InChI=1S/C5H5ClO2/c1-3-2-4(7)8-5(3)6/h2,5H,1H3. The van der Waals surface area contributed by atoms with Gasteiger partial charge in [-0.2, -0.15) is 0 Å². The summed E-state index contributed by atoms with van der Waals surface area (Å²) < 4.78 is 4.51. The zero-order valence-corrected chi connectivity index (χ0v) is 5.11. The van der Waals surface area contributed by atoms with E-state index < -0.39 is 5.56 Å². The Bertz CT molecular complexity index is 151. The molecule has 8 heavy (non-hydrogen) atoms. The van der Waals surface area contributed by atoms with E-state index in [0.29, 0.717) is 0 Å². The van der Waals surface area contributed by atoms with Crippen molar-refractivity contribution in [3.63, 3.8) is 0 Å². The number of esters is 1. The van der Waals surface area contributed by atoms with Gasteiger partial charge in [0.15, 0.2) is 5.56 Å². The maximum atomic E-state index is 10.3. The highest BCUT2D eigenvalue weighted by atomic mass is 35.5. The van der Waals surface area contributed by atoms with Gasteiger partial charge in [-0.1, -0.05) is 11.6 Å². The van der Waals surface area contributed by atoms with Crippen LogP contribution in [0.3, 0.4) is 0 Å². The highest BCUT2D eigenvalue weighted by molar-refractivity contribution is 6.23. The van der Waals surface area contributed by atoms with Crippen LogP contribution in [0.25, 0.3) is 0 Å². The zero-order valence-electron chi connectivity index (χ0n) is 4.35. The molecule has 2 nitrogen and oxygen atoms in total. The van der Waals surface area contributed by atoms with Gasteiger partial charge in [0.2, 0.25) is 0 Å². The van der Waals surface area contributed by atoms with Crippen molar-refractivity contribution in [3.05, 3.63) is 11.6 Å². The molecule has 1 unspecified atom stereocenters. The molecular formula is C5H5ClO2. The third-order valence-corrected chi connectivity index (χ3v) is 1.36. The maximum absolute atomic E-state index is 10.3. The highest BCUT2D eigenvalue weighted by Crippen LogP contribution is 2.17. The van der Waals surface area contributed by atoms with E-state index in [2.05, 4.69) is 4.74 Å². The van der Waals surface area contributed by atoms with Gasteiger partial charge >= 0.3 is 5.97 Å². The molecule has 1 aliphatic rings. The molecule has 0 aromatic carbocycles. The quantitative estimate of drug-likeness (QED) is 0.364. The minimum atomic E-state index is -0.525. The SMILES string of the molecule is CC1=CC(=O)OC1Cl. The van der Waals surface area contributed by atoms with Gasteiger partial charge in [-0.25, -0.2) is 4.79 Å². The van der Waals surface area contributed by atoms with Crippen molar-refractivity contribution in [2.24, 2.45) is 0 Å². The summed E-state index contributed by atoms with van der Waals surface area (Å²) >= 11 is 5.45. The van der Waals surface area contributed by atoms with E-state index in [0.717, 1.165) is 5.57 Å². The van der Waals surface area contributed by atoms with E-state index in [-0.39, 0.29) is 5.97 Å². The Labute approximate surface area is 52.1 Å². The van der Waals surface area contributed by atoms with Crippen molar-refractivity contribution in [1.29, 1.82) is 0 Å². The Morgan fingerprint density at radius 3 is 2.62 bits per heavy atom. The number of hydrogen-bond acceptors (Lipinski definition) is 2. The normalized spacial score (nSPS) is 27.5. The number of alkyl halides is 1. The van der Waals surface area contributed by atoms with E-state index >= 15 is 0 Å². The van der Waals surface area contributed by atoms with Gasteiger partial charge in [-0.05, 0) is 12.5 Å². The number of cyclic esters (lactones) is 1. The number of hydrogen-bond donors (Lipinski definition) is 0. The van der Waals surface area contributed by atoms with Crippen molar-refractivity contribution < 1.29 is 9.53 Å². The van der Waals surface area contributed by atoms with Crippen molar-refractivity contribution in [2.75, 3.05) is 0 Å². The maximum Gasteiger partial charge on any atom is 0.332 e. The van der Waals surface area contributed by atoms with Gasteiger partial charge in [0.1, 0.15) is 0 Å². The van der Waals surface area contributed by atoms with Crippen LogP contribution in [-0.4, -0.2) is 11.5 Å². The fourth-order valence-corrected chi connectivity index (χ4v) is 0.631. The third kappa shape index (κ3) is 0.842. The summed E-state index contributed by atoms with van der Waals surface area (Å²) in [6, 6.07) is 0. The highest BCUT2D eigenvalue weighted by Gasteiger charge is 2.18. The molecule has 3 heteroatoms. The van der Waals surface area contributed by atoms with Crippen LogP contribution in [0.15, 0.2) is 11.6 Å². The van der Waals surface area contributed by atoms with Gasteiger partial charge in [0.05, 0.1) is 0 Å². The van der Waals surface area contributed by atoms with Crippen LogP contribution in [0.5, 0.6) is 0 Å². The Hall–Kier alpha value is -0.500. The van der Waals surface area contributed by atoms with Crippen LogP contribution < -0.4 is 0 Å². The summed E-state index contributed by atoms with van der Waals surface area (Å²) in [7, 11) is 0. The first kappa shape index (κ1) is 5.63. The summed E-state index contributed by atoms with van der Waals surface area (Å²) in [5.41, 5.74) is 0.249. The van der Waals surface area contributed by atoms with Crippen LogP contribution in [0, 0.1) is 0 Å². The van der Waals surface area contributed by atoms with E-state index in [4.69, 9.17) is 11.6 Å². The van der Waals surface area contributed by atoms with Gasteiger partial charge < -0.3 is 4.74 Å². The van der Waals surface area contributed by atoms with Crippen molar-refractivity contribution in [1.82, 2.24) is 0 Å². The monoisotopic (exact) mass is 132 g/mol. The lowest BCUT2D eigenvalue weighted by atomic mass is 10.3. The molecular weight excluding hydrogens is 128 g/mol. The molecule has 0 spiro atoms. The van der Waals surface area contributed by atoms with Gasteiger partial charge in [-0.15, -0.1) is 0 Å². The molecule has 0 fully saturated rings. The Balaban J connectivity index is 2.73. The molecule has 0 N–H and O–H groups in total. The van der Waals surface area contributed by atoms with E-state index in [1.165, 1.54) is 6.08 Å². The molecule has 1 atom stereocenters. The third-order valence-electron chi connectivity index (χ3n) is 0.923. The summed E-state index contributed by atoms with van der Waals surface area (Å²) in [4.78, 5) is 10.3. The predicted octanol–water partition coefficient (Wildman–Crippen LogP) is 1.05. The minimum Gasteiger partial charge on any atom is -0.439 e. The second kappa shape index (κ2) is 1.78. The van der Waals surface area contributed by atoms with Crippen LogP contribution in [0.4, 0.5) is 0 Å². The topological polar surface area (TPSA) is 26.3 Å². The summed E-state index contributed by atoms with van der Waals surface area (Å²) in [5.74, 6) is -0.345. The van der Waals surface area contributed by atoms with Crippen LogP contribution in [0.2, 0.25) is 0 Å². The molecule has 1 aliphatic heterocycles. The van der Waals surface area contributed by atoms with Crippen molar-refractivity contribution in [2.45, 2.75) is 12.5 Å². The van der Waals surface area contributed by atoms with Crippen molar-refractivity contribution >= 4 is 17.6 Å². The molecule has 0 saturated carbocycles. The van der Waals surface area contributed by atoms with E-state index in [1.54, 1.807) is 6.92 Å². The lowest BCUT2D eigenvalue weighted by Gasteiger charge is -1.98. The fraction of sp³-hybridized carbons (Fsp3) is 0.400. The molecule has 0 radical (unpaired) electrons. The van der Waals surface area contributed by atoms with Crippen LogP contribution in [0.1, 0.15) is 6.92 Å². The first-order valence-electron chi connectivity index (χ1n) is 2.23. The first-order chi connectivity index (χ1) is 3.70. The molecule has 0 saturated heterocycles. The average Bonchev–Trinajstić information content (AvgIpc) is 1.85. The number of carbonyl (C=O) groups excluding carboxylic acids is 1. The van der Waals surface area contributed by atoms with Crippen LogP contribution in [-0.2, 0) is 9.53 Å². The second-order valence-electron chi connectivity index (χ2n) is 1.64. The predicted molar refractivity (Wildman–Crippen MR) is 29.5 cm³/mol. The first-order valence-corrected chi connectivity index (χ1v) is 2.66. The molecule has 0 aromatic rings. The van der Waals surface area contributed by atoms with E-state index in [1.807, 2.05) is 0 Å². The molecule has 0 aliphatic carbocycles. The molecule has 0 bridgehead atoms. The number of carbonyl (C=O) groups is 1. The lowest BCUT2D eigenvalue weighted by molar-refractivity contribution is -0.136. The molecule has 1 heterocycles. The summed E-state index contributed by atoms with van der Waals surface area (Å²) in [6.45, 7) is 1.75. The summed E-state index contributed by atoms with van der Waals surface area (Å²) in [6.07, 6.45) is 1.39. The van der Waals surface area contributed by atoms with Crippen LogP contribution >= 0.6 is 11.6 Å². The molecule has 0 amide bonds. The smallest absolute Gasteiger partial charge is 0.332 e. The molecule has 1 rings (SSSR count).